The summed E-state index contributed by atoms with van der Waals surface area (Å²) in [6.07, 6.45) is 4.76. The van der Waals surface area contributed by atoms with Gasteiger partial charge < -0.3 is 16.0 Å². The van der Waals surface area contributed by atoms with Crippen molar-refractivity contribution in [2.24, 2.45) is 0 Å². The summed E-state index contributed by atoms with van der Waals surface area (Å²) in [6.45, 7) is 0. The Morgan fingerprint density at radius 1 is 1.38 bits per heavy atom. The van der Waals surface area contributed by atoms with E-state index >= 15 is 0 Å². The molecule has 16 heavy (non-hydrogen) atoms. The molecule has 0 aromatic carbocycles. The molecule has 1 aliphatic carbocycles. The lowest BCUT2D eigenvalue weighted by atomic mass is 9.87. The van der Waals surface area contributed by atoms with Gasteiger partial charge in [-0.15, -0.1) is 0 Å². The summed E-state index contributed by atoms with van der Waals surface area (Å²) >= 11 is 0. The molecule has 3 N–H and O–H groups in total. The minimum Gasteiger partial charge on any atom is -0.359 e. The third-order valence-corrected chi connectivity index (χ3v) is 3.49. The molecule has 1 heterocycles. The fraction of sp³-hybridized carbons (Fsp3) is 0.818. The largest absolute Gasteiger partial charge is 0.359 e. The molecule has 5 nitrogen and oxygen atoms in total. The average Bonchev–Trinajstić information content (AvgIpc) is 2.30. The molecule has 0 unspecified atom stereocenters. The molecular formula is C11H19N3O2. The SMILES string of the molecule is CNC(=O)C[C@@H]1N[C@H]2CCCC[C@H]2NC1=O. The number of hydrogen-bond acceptors (Lipinski definition) is 3. The third kappa shape index (κ3) is 2.35. The van der Waals surface area contributed by atoms with Crippen LogP contribution in [0.25, 0.3) is 0 Å². The molecular weight excluding hydrogens is 206 g/mol. The number of rotatable bonds is 2. The van der Waals surface area contributed by atoms with Crippen LogP contribution in [0.5, 0.6) is 0 Å². The van der Waals surface area contributed by atoms with Gasteiger partial charge in [0.05, 0.1) is 12.5 Å². The number of piperazine rings is 1. The second-order valence-electron chi connectivity index (χ2n) is 4.60. The van der Waals surface area contributed by atoms with Crippen molar-refractivity contribution in [3.8, 4) is 0 Å². The van der Waals surface area contributed by atoms with Gasteiger partial charge in [-0.3, -0.25) is 9.59 Å². The van der Waals surface area contributed by atoms with Crippen LogP contribution in [0.1, 0.15) is 32.1 Å². The van der Waals surface area contributed by atoms with Gasteiger partial charge in [0.2, 0.25) is 11.8 Å². The normalized spacial score (nSPS) is 33.8. The molecule has 0 spiro atoms. The van der Waals surface area contributed by atoms with Crippen molar-refractivity contribution in [1.29, 1.82) is 0 Å². The van der Waals surface area contributed by atoms with Crippen LogP contribution >= 0.6 is 0 Å². The van der Waals surface area contributed by atoms with Gasteiger partial charge in [0, 0.05) is 19.1 Å². The summed E-state index contributed by atoms with van der Waals surface area (Å²) in [5.41, 5.74) is 0. The zero-order valence-electron chi connectivity index (χ0n) is 9.58. The number of carbonyl (C=O) groups is 2. The highest BCUT2D eigenvalue weighted by Gasteiger charge is 2.36. The lowest BCUT2D eigenvalue weighted by Crippen LogP contribution is -2.65. The maximum absolute atomic E-state index is 11.7. The van der Waals surface area contributed by atoms with E-state index in [1.807, 2.05) is 0 Å². The first kappa shape index (κ1) is 11.4. The Morgan fingerprint density at radius 3 is 2.75 bits per heavy atom. The van der Waals surface area contributed by atoms with Crippen LogP contribution in [0.3, 0.4) is 0 Å². The molecule has 0 radical (unpaired) electrons. The standard InChI is InChI=1S/C11H19N3O2/c1-12-10(15)6-9-11(16)14-8-5-3-2-4-7(8)13-9/h7-9,13H,2-6H2,1H3,(H,12,15)(H,14,16)/t7-,8+,9-/m0/s1. The quantitative estimate of drug-likeness (QED) is 0.594. The van der Waals surface area contributed by atoms with Crippen LogP contribution in [0.15, 0.2) is 0 Å². The zero-order valence-corrected chi connectivity index (χ0v) is 9.58. The van der Waals surface area contributed by atoms with Gasteiger partial charge in [0.25, 0.3) is 0 Å². The Kier molecular flexibility index (Phi) is 3.43. The predicted octanol–water partition coefficient (Wildman–Crippen LogP) is -0.478. The van der Waals surface area contributed by atoms with Crippen molar-refractivity contribution in [2.75, 3.05) is 7.05 Å². The summed E-state index contributed by atoms with van der Waals surface area (Å²) in [7, 11) is 1.59. The molecule has 0 aromatic rings. The van der Waals surface area contributed by atoms with Crippen molar-refractivity contribution in [2.45, 2.75) is 50.2 Å². The fourth-order valence-electron chi connectivity index (χ4n) is 2.56. The molecule has 2 fully saturated rings. The van der Waals surface area contributed by atoms with E-state index in [2.05, 4.69) is 16.0 Å². The van der Waals surface area contributed by atoms with Crippen LogP contribution in [0, 0.1) is 0 Å². The predicted molar refractivity (Wildman–Crippen MR) is 59.8 cm³/mol. The monoisotopic (exact) mass is 225 g/mol. The first-order chi connectivity index (χ1) is 7.70. The Balaban J connectivity index is 1.95. The molecule has 90 valence electrons. The summed E-state index contributed by atoms with van der Waals surface area (Å²) < 4.78 is 0. The van der Waals surface area contributed by atoms with Gasteiger partial charge in [0.1, 0.15) is 0 Å². The molecule has 1 saturated heterocycles. The van der Waals surface area contributed by atoms with E-state index in [0.717, 1.165) is 12.8 Å². The molecule has 0 bridgehead atoms. The molecule has 2 rings (SSSR count). The second kappa shape index (κ2) is 4.82. The summed E-state index contributed by atoms with van der Waals surface area (Å²) in [6, 6.07) is 0.252. The Morgan fingerprint density at radius 2 is 2.06 bits per heavy atom. The van der Waals surface area contributed by atoms with Gasteiger partial charge in [-0.2, -0.15) is 0 Å². The van der Waals surface area contributed by atoms with Crippen LogP contribution in [0.4, 0.5) is 0 Å². The van der Waals surface area contributed by atoms with E-state index in [1.165, 1.54) is 12.8 Å². The fourth-order valence-corrected chi connectivity index (χ4v) is 2.56. The maximum Gasteiger partial charge on any atom is 0.237 e. The summed E-state index contributed by atoms with van der Waals surface area (Å²) in [4.78, 5) is 23.0. The van der Waals surface area contributed by atoms with Crippen molar-refractivity contribution in [1.82, 2.24) is 16.0 Å². The third-order valence-electron chi connectivity index (χ3n) is 3.49. The van der Waals surface area contributed by atoms with E-state index in [9.17, 15) is 9.59 Å². The number of nitrogens with one attached hydrogen (secondary N) is 3. The first-order valence-corrected chi connectivity index (χ1v) is 5.97. The van der Waals surface area contributed by atoms with Gasteiger partial charge in [0.15, 0.2) is 0 Å². The highest BCUT2D eigenvalue weighted by atomic mass is 16.2. The molecule has 0 aromatic heterocycles. The lowest BCUT2D eigenvalue weighted by molar-refractivity contribution is -0.131. The van der Waals surface area contributed by atoms with Crippen LogP contribution < -0.4 is 16.0 Å². The first-order valence-electron chi connectivity index (χ1n) is 5.97. The van der Waals surface area contributed by atoms with Gasteiger partial charge in [-0.1, -0.05) is 12.8 Å². The molecule has 2 amide bonds. The number of carbonyl (C=O) groups excluding carboxylic acids is 2. The highest BCUT2D eigenvalue weighted by molar-refractivity contribution is 5.89. The molecule has 1 aliphatic heterocycles. The molecule has 5 heteroatoms. The van der Waals surface area contributed by atoms with E-state index < -0.39 is 0 Å². The van der Waals surface area contributed by atoms with Gasteiger partial charge in [-0.05, 0) is 12.8 Å². The number of hydrogen-bond donors (Lipinski definition) is 3. The van der Waals surface area contributed by atoms with Gasteiger partial charge in [-0.25, -0.2) is 0 Å². The van der Waals surface area contributed by atoms with Crippen LogP contribution in [-0.4, -0.2) is 37.0 Å². The minimum absolute atomic E-state index is 0.0354. The van der Waals surface area contributed by atoms with Crippen LogP contribution in [-0.2, 0) is 9.59 Å². The lowest BCUT2D eigenvalue weighted by Gasteiger charge is -2.40. The van der Waals surface area contributed by atoms with Gasteiger partial charge >= 0.3 is 0 Å². The van der Waals surface area contributed by atoms with Crippen molar-refractivity contribution >= 4 is 11.8 Å². The molecule has 2 aliphatic rings. The zero-order chi connectivity index (χ0) is 11.5. The van der Waals surface area contributed by atoms with E-state index in [-0.39, 0.29) is 30.3 Å². The maximum atomic E-state index is 11.7. The smallest absolute Gasteiger partial charge is 0.237 e. The van der Waals surface area contributed by atoms with Crippen molar-refractivity contribution < 1.29 is 9.59 Å². The van der Waals surface area contributed by atoms with E-state index in [0.29, 0.717) is 6.04 Å². The topological polar surface area (TPSA) is 70.2 Å². The summed E-state index contributed by atoms with van der Waals surface area (Å²) in [5.74, 6) is -0.131. The van der Waals surface area contributed by atoms with Crippen molar-refractivity contribution in [3.05, 3.63) is 0 Å². The second-order valence-corrected chi connectivity index (χ2v) is 4.60. The molecule has 1 saturated carbocycles. The summed E-state index contributed by atoms with van der Waals surface area (Å²) in [5, 5.41) is 8.86. The van der Waals surface area contributed by atoms with Crippen molar-refractivity contribution in [3.63, 3.8) is 0 Å². The minimum atomic E-state index is -0.362. The highest BCUT2D eigenvalue weighted by Crippen LogP contribution is 2.22. The van der Waals surface area contributed by atoms with E-state index in [4.69, 9.17) is 0 Å². The number of fused-ring (bicyclic) bond motifs is 1. The average molecular weight is 225 g/mol. The Labute approximate surface area is 95.3 Å². The Bertz CT molecular complexity index is 293. The van der Waals surface area contributed by atoms with Crippen LogP contribution in [0.2, 0.25) is 0 Å². The number of amides is 2. The Hall–Kier alpha value is -1.10. The van der Waals surface area contributed by atoms with E-state index in [1.54, 1.807) is 7.05 Å². The molecule has 3 atom stereocenters.